The number of hydrogen-bond acceptors (Lipinski definition) is 2. The molecule has 3 fully saturated rings. The zero-order valence-corrected chi connectivity index (χ0v) is 14.8. The molecule has 0 aliphatic carbocycles. The average Bonchev–Trinajstić information content (AvgIpc) is 2.51. The first-order chi connectivity index (χ1) is 10.6. The molecule has 0 saturated carbocycles. The number of quaternary nitrogens is 2. The maximum atomic E-state index is 6.17. The van der Waals surface area contributed by atoms with Crippen LogP contribution in [0.25, 0.3) is 0 Å². The minimum absolute atomic E-state index is 0.800. The zero-order chi connectivity index (χ0) is 15.5. The smallest absolute Gasteiger partial charge is 0.102 e. The lowest BCUT2D eigenvalue weighted by atomic mass is 9.82. The Morgan fingerprint density at radius 1 is 0.955 bits per heavy atom. The van der Waals surface area contributed by atoms with Gasteiger partial charge in [0.05, 0.1) is 59.7 Å². The topological polar surface area (TPSA) is 18.5 Å². The lowest BCUT2D eigenvalue weighted by Gasteiger charge is -2.51. The molecule has 0 aromatic heterocycles. The summed E-state index contributed by atoms with van der Waals surface area (Å²) >= 11 is 0. The fourth-order valence-corrected chi connectivity index (χ4v) is 4.95. The summed E-state index contributed by atoms with van der Waals surface area (Å²) in [4.78, 5) is 0. The van der Waals surface area contributed by atoms with E-state index in [1.165, 1.54) is 49.7 Å². The van der Waals surface area contributed by atoms with Gasteiger partial charge < -0.3 is 18.4 Å². The van der Waals surface area contributed by atoms with Crippen LogP contribution in [0.1, 0.15) is 32.1 Å². The molecule has 128 valence electrons. The zero-order valence-electron chi connectivity index (χ0n) is 14.8. The van der Waals surface area contributed by atoms with Gasteiger partial charge >= 0.3 is 0 Å². The van der Waals surface area contributed by atoms with Gasteiger partial charge in [0.2, 0.25) is 0 Å². The van der Waals surface area contributed by atoms with Crippen molar-refractivity contribution in [2.75, 3.05) is 73.2 Å². The monoisotopic (exact) mass is 312 g/mol. The van der Waals surface area contributed by atoms with Crippen LogP contribution in [-0.4, -0.2) is 88.3 Å². The Labute approximate surface area is 136 Å². The molecular weight excluding hydrogens is 276 g/mol. The minimum atomic E-state index is 0.800. The molecule has 4 nitrogen and oxygen atoms in total. The van der Waals surface area contributed by atoms with Crippen molar-refractivity contribution >= 4 is 0 Å². The molecule has 3 aliphatic heterocycles. The van der Waals surface area contributed by atoms with Gasteiger partial charge in [0.15, 0.2) is 0 Å². The van der Waals surface area contributed by atoms with E-state index in [2.05, 4.69) is 14.1 Å². The van der Waals surface area contributed by atoms with Crippen molar-refractivity contribution in [3.8, 4) is 0 Å². The van der Waals surface area contributed by atoms with Crippen molar-refractivity contribution in [2.45, 2.75) is 38.1 Å². The number of likely N-dealkylation sites (N-methyl/N-ethyl adjacent to an activating group) is 1. The average molecular weight is 312 g/mol. The second-order valence-corrected chi connectivity index (χ2v) is 8.37. The Kier molecular flexibility index (Phi) is 5.43. The van der Waals surface area contributed by atoms with Gasteiger partial charge in [-0.1, -0.05) is 0 Å². The maximum absolute atomic E-state index is 6.17. The van der Waals surface area contributed by atoms with Crippen LogP contribution in [-0.2, 0) is 9.47 Å². The van der Waals surface area contributed by atoms with Gasteiger partial charge in [0, 0.05) is 12.3 Å². The summed E-state index contributed by atoms with van der Waals surface area (Å²) in [5.74, 6) is 0.800. The molecule has 3 aliphatic rings. The van der Waals surface area contributed by atoms with E-state index in [1.807, 2.05) is 0 Å². The van der Waals surface area contributed by atoms with E-state index in [-0.39, 0.29) is 0 Å². The van der Waals surface area contributed by atoms with E-state index < -0.39 is 0 Å². The number of rotatable bonds is 5. The molecule has 0 radical (unpaired) electrons. The first-order valence-corrected chi connectivity index (χ1v) is 9.45. The minimum Gasteiger partial charge on any atom is -0.375 e. The Morgan fingerprint density at radius 3 is 2.55 bits per heavy atom. The number of fused-ring (bicyclic) bond motifs is 1. The maximum Gasteiger partial charge on any atom is 0.102 e. The van der Waals surface area contributed by atoms with E-state index in [9.17, 15) is 0 Å². The third-order valence-electron chi connectivity index (χ3n) is 6.67. The lowest BCUT2D eigenvalue weighted by Crippen LogP contribution is -2.61. The molecule has 4 heteroatoms. The van der Waals surface area contributed by atoms with Gasteiger partial charge in [-0.3, -0.25) is 0 Å². The van der Waals surface area contributed by atoms with Crippen molar-refractivity contribution in [1.82, 2.24) is 0 Å². The fourth-order valence-electron chi connectivity index (χ4n) is 4.95. The van der Waals surface area contributed by atoms with Gasteiger partial charge in [-0.2, -0.15) is 0 Å². The summed E-state index contributed by atoms with van der Waals surface area (Å²) in [6.45, 7) is 9.97. The lowest BCUT2D eigenvalue weighted by molar-refractivity contribution is -0.947. The van der Waals surface area contributed by atoms with Gasteiger partial charge in [-0.25, -0.2) is 0 Å². The quantitative estimate of drug-likeness (QED) is 0.570. The molecule has 22 heavy (non-hydrogen) atoms. The number of hydrogen-bond donors (Lipinski definition) is 0. The van der Waals surface area contributed by atoms with Crippen LogP contribution in [0.3, 0.4) is 0 Å². The summed E-state index contributed by atoms with van der Waals surface area (Å²) in [5, 5.41) is 0. The number of piperidine rings is 2. The van der Waals surface area contributed by atoms with Gasteiger partial charge in [0.1, 0.15) is 19.6 Å². The Hall–Kier alpha value is -0.160. The number of ether oxygens (including phenoxy) is 2. The molecule has 0 aromatic carbocycles. The van der Waals surface area contributed by atoms with E-state index in [4.69, 9.17) is 9.47 Å². The number of nitrogens with zero attached hydrogens (tertiary/aromatic N) is 2. The van der Waals surface area contributed by atoms with Crippen LogP contribution in [0.2, 0.25) is 0 Å². The Morgan fingerprint density at radius 2 is 1.73 bits per heavy atom. The van der Waals surface area contributed by atoms with E-state index in [1.54, 1.807) is 0 Å². The highest BCUT2D eigenvalue weighted by Crippen LogP contribution is 2.36. The Balaban J connectivity index is 1.43. The highest BCUT2D eigenvalue weighted by atomic mass is 16.5. The first-order valence-electron chi connectivity index (χ1n) is 9.45. The summed E-state index contributed by atoms with van der Waals surface area (Å²) in [6.07, 6.45) is 7.07. The van der Waals surface area contributed by atoms with Crippen LogP contribution in [0.15, 0.2) is 0 Å². The van der Waals surface area contributed by atoms with E-state index >= 15 is 0 Å². The fraction of sp³-hybridized carbons (Fsp3) is 1.00. The second-order valence-electron chi connectivity index (χ2n) is 8.37. The summed E-state index contributed by atoms with van der Waals surface area (Å²) < 4.78 is 14.1. The van der Waals surface area contributed by atoms with Crippen molar-refractivity contribution < 1.29 is 18.4 Å². The SMILES string of the molecule is C[N+]1(CCOC[C@@H]2CCC[N@+]3(C)CCCC[C@@H]23)CCOCC1. The standard InChI is InChI=1S/C18H36N2O2/c1-19(10-13-21-14-11-19)12-15-22-16-17-6-5-9-20(2)8-4-3-7-18(17)20/h17-18H,3-16H2,1-2H3/q+2/t17-,18-,20-/m0/s1. The van der Waals surface area contributed by atoms with E-state index in [0.29, 0.717) is 0 Å². The van der Waals surface area contributed by atoms with Gasteiger partial charge in [-0.15, -0.1) is 0 Å². The summed E-state index contributed by atoms with van der Waals surface area (Å²) in [7, 11) is 4.84. The van der Waals surface area contributed by atoms with Crippen LogP contribution >= 0.6 is 0 Å². The van der Waals surface area contributed by atoms with Crippen molar-refractivity contribution in [3.05, 3.63) is 0 Å². The van der Waals surface area contributed by atoms with Crippen molar-refractivity contribution in [2.24, 2.45) is 5.92 Å². The normalized spacial score (nSPS) is 38.5. The van der Waals surface area contributed by atoms with Crippen LogP contribution in [0.5, 0.6) is 0 Å². The van der Waals surface area contributed by atoms with E-state index in [0.717, 1.165) is 62.5 Å². The predicted molar refractivity (Wildman–Crippen MR) is 88.7 cm³/mol. The molecule has 0 spiro atoms. The first kappa shape index (κ1) is 16.7. The molecule has 3 rings (SSSR count). The molecule has 3 atom stereocenters. The molecule has 0 bridgehead atoms. The Bertz CT molecular complexity index is 353. The highest BCUT2D eigenvalue weighted by Gasteiger charge is 2.43. The molecular formula is C18H36N2O2+2. The second kappa shape index (κ2) is 7.16. The third-order valence-corrected chi connectivity index (χ3v) is 6.67. The van der Waals surface area contributed by atoms with Gasteiger partial charge in [0.25, 0.3) is 0 Å². The highest BCUT2D eigenvalue weighted by molar-refractivity contribution is 4.78. The van der Waals surface area contributed by atoms with Crippen molar-refractivity contribution in [3.63, 3.8) is 0 Å². The third kappa shape index (κ3) is 3.84. The van der Waals surface area contributed by atoms with Crippen LogP contribution in [0.4, 0.5) is 0 Å². The van der Waals surface area contributed by atoms with Crippen molar-refractivity contribution in [1.29, 1.82) is 0 Å². The number of morpholine rings is 1. The molecule has 3 heterocycles. The van der Waals surface area contributed by atoms with Crippen LogP contribution in [0, 0.1) is 5.92 Å². The summed E-state index contributed by atoms with van der Waals surface area (Å²) in [6, 6.07) is 0.871. The van der Waals surface area contributed by atoms with Crippen LogP contribution < -0.4 is 0 Å². The molecule has 0 aromatic rings. The largest absolute Gasteiger partial charge is 0.375 e. The molecule has 0 N–H and O–H groups in total. The predicted octanol–water partition coefficient (Wildman–Crippen LogP) is 1.89. The molecule has 0 unspecified atom stereocenters. The van der Waals surface area contributed by atoms with Gasteiger partial charge in [-0.05, 0) is 25.7 Å². The molecule has 0 amide bonds. The molecule has 3 saturated heterocycles. The summed E-state index contributed by atoms with van der Waals surface area (Å²) in [5.41, 5.74) is 0.